The molecule has 3 rings (SSSR count). The molecule has 0 radical (unpaired) electrons. The number of halogens is 1. The number of hydrogen-bond acceptors (Lipinski definition) is 3. The van der Waals surface area contributed by atoms with Gasteiger partial charge in [0.1, 0.15) is 12.4 Å². The number of rotatable bonds is 5. The second kappa shape index (κ2) is 8.14. The van der Waals surface area contributed by atoms with E-state index in [0.29, 0.717) is 11.3 Å². The Morgan fingerprint density at radius 1 is 0.963 bits per heavy atom. The summed E-state index contributed by atoms with van der Waals surface area (Å²) < 4.78 is 19.3. The Morgan fingerprint density at radius 3 is 2.30 bits per heavy atom. The number of ether oxygens (including phenoxy) is 1. The molecule has 0 atom stereocenters. The summed E-state index contributed by atoms with van der Waals surface area (Å²) >= 11 is 0. The van der Waals surface area contributed by atoms with Gasteiger partial charge >= 0.3 is 12.1 Å². The minimum atomic E-state index is -1.19. The predicted molar refractivity (Wildman–Crippen MR) is 99.0 cm³/mol. The highest BCUT2D eigenvalue weighted by Gasteiger charge is 2.10. The lowest BCUT2D eigenvalue weighted by atomic mass is 10.0. The summed E-state index contributed by atoms with van der Waals surface area (Å²) in [6.45, 7) is 0.159. The third-order valence-electron chi connectivity index (χ3n) is 3.87. The zero-order valence-electron chi connectivity index (χ0n) is 14.2. The highest BCUT2D eigenvalue weighted by molar-refractivity contribution is 5.88. The first kappa shape index (κ1) is 18.1. The average Bonchev–Trinajstić information content (AvgIpc) is 2.68. The van der Waals surface area contributed by atoms with E-state index in [1.54, 1.807) is 24.3 Å². The lowest BCUT2D eigenvalue weighted by Crippen LogP contribution is -2.13. The lowest BCUT2D eigenvalue weighted by molar-refractivity contribution is 0.0696. The number of carboxylic acids is 1. The summed E-state index contributed by atoms with van der Waals surface area (Å²) in [6.07, 6.45) is -0.594. The summed E-state index contributed by atoms with van der Waals surface area (Å²) in [5, 5.41) is 11.5. The van der Waals surface area contributed by atoms with Crippen LogP contribution in [0.4, 0.5) is 14.9 Å². The van der Waals surface area contributed by atoms with Crippen molar-refractivity contribution in [3.05, 3.63) is 89.7 Å². The van der Waals surface area contributed by atoms with Crippen LogP contribution < -0.4 is 5.32 Å². The number of anilines is 1. The average molecular weight is 365 g/mol. The predicted octanol–water partition coefficient (Wildman–Crippen LogP) is 4.94. The van der Waals surface area contributed by atoms with E-state index < -0.39 is 17.9 Å². The summed E-state index contributed by atoms with van der Waals surface area (Å²) in [6, 6.07) is 19.5. The molecule has 0 fully saturated rings. The van der Waals surface area contributed by atoms with Crippen LogP contribution in [0.25, 0.3) is 11.1 Å². The Bertz CT molecular complexity index is 956. The largest absolute Gasteiger partial charge is 0.478 e. The van der Waals surface area contributed by atoms with Crippen LogP contribution in [0.15, 0.2) is 72.8 Å². The molecular formula is C21H16FNO4. The second-order valence-electron chi connectivity index (χ2n) is 5.76. The van der Waals surface area contributed by atoms with E-state index in [1.807, 2.05) is 30.3 Å². The van der Waals surface area contributed by atoms with E-state index in [4.69, 9.17) is 9.84 Å². The van der Waals surface area contributed by atoms with Gasteiger partial charge in [-0.15, -0.1) is 0 Å². The topological polar surface area (TPSA) is 75.6 Å². The summed E-state index contributed by atoms with van der Waals surface area (Å²) in [5.41, 5.74) is 2.10. The van der Waals surface area contributed by atoms with E-state index in [1.165, 1.54) is 12.1 Å². The van der Waals surface area contributed by atoms with Gasteiger partial charge in [0.25, 0.3) is 0 Å². The molecule has 136 valence electrons. The van der Waals surface area contributed by atoms with Crippen LogP contribution in [-0.4, -0.2) is 17.2 Å². The fourth-order valence-electron chi connectivity index (χ4n) is 2.49. The molecule has 0 bridgehead atoms. The SMILES string of the molecule is O=C(Nc1ccc(-c2ccc(C(=O)O)cc2F)cc1)OCc1ccccc1. The first-order valence-electron chi connectivity index (χ1n) is 8.14. The first-order chi connectivity index (χ1) is 13.0. The van der Waals surface area contributed by atoms with Gasteiger partial charge in [-0.3, -0.25) is 5.32 Å². The van der Waals surface area contributed by atoms with Crippen molar-refractivity contribution in [1.29, 1.82) is 0 Å². The van der Waals surface area contributed by atoms with Crippen molar-refractivity contribution in [2.75, 3.05) is 5.32 Å². The third kappa shape index (κ3) is 4.70. The van der Waals surface area contributed by atoms with Gasteiger partial charge in [0, 0.05) is 11.3 Å². The highest BCUT2D eigenvalue weighted by Crippen LogP contribution is 2.25. The number of carboxylic acid groups (broad SMARTS) is 1. The quantitative estimate of drug-likeness (QED) is 0.671. The van der Waals surface area contributed by atoms with Crippen molar-refractivity contribution >= 4 is 17.7 Å². The monoisotopic (exact) mass is 365 g/mol. The van der Waals surface area contributed by atoms with Gasteiger partial charge < -0.3 is 9.84 Å². The van der Waals surface area contributed by atoms with Crippen LogP contribution in [0, 0.1) is 5.82 Å². The zero-order valence-corrected chi connectivity index (χ0v) is 14.2. The summed E-state index contributed by atoms with van der Waals surface area (Å²) in [5.74, 6) is -1.81. The van der Waals surface area contributed by atoms with Gasteiger partial charge in [0.05, 0.1) is 5.56 Å². The Morgan fingerprint density at radius 2 is 1.67 bits per heavy atom. The zero-order chi connectivity index (χ0) is 19.2. The van der Waals surface area contributed by atoms with Crippen LogP contribution >= 0.6 is 0 Å². The van der Waals surface area contributed by atoms with E-state index >= 15 is 0 Å². The van der Waals surface area contributed by atoms with Crippen LogP contribution in [0.5, 0.6) is 0 Å². The maximum absolute atomic E-state index is 14.1. The standard InChI is InChI=1S/C21H16FNO4/c22-19-12-16(20(24)25)8-11-18(19)15-6-9-17(10-7-15)23-21(26)27-13-14-4-2-1-3-5-14/h1-12H,13H2,(H,23,26)(H,24,25). The number of hydrogen-bond donors (Lipinski definition) is 2. The third-order valence-corrected chi connectivity index (χ3v) is 3.87. The van der Waals surface area contributed by atoms with Crippen molar-refractivity contribution in [1.82, 2.24) is 0 Å². The van der Waals surface area contributed by atoms with Crippen LogP contribution in [0.1, 0.15) is 15.9 Å². The molecule has 0 aliphatic rings. The fraction of sp³-hybridized carbons (Fsp3) is 0.0476. The van der Waals surface area contributed by atoms with Crippen molar-refractivity contribution < 1.29 is 23.8 Å². The Balaban J connectivity index is 1.63. The van der Waals surface area contributed by atoms with E-state index in [-0.39, 0.29) is 17.7 Å². The highest BCUT2D eigenvalue weighted by atomic mass is 19.1. The maximum Gasteiger partial charge on any atom is 0.411 e. The minimum Gasteiger partial charge on any atom is -0.478 e. The molecule has 0 aliphatic heterocycles. The molecule has 0 unspecified atom stereocenters. The molecule has 0 aliphatic carbocycles. The van der Waals surface area contributed by atoms with Gasteiger partial charge in [-0.1, -0.05) is 48.5 Å². The maximum atomic E-state index is 14.1. The van der Waals surface area contributed by atoms with Crippen molar-refractivity contribution in [2.24, 2.45) is 0 Å². The molecule has 0 saturated heterocycles. The number of nitrogens with one attached hydrogen (secondary N) is 1. The van der Waals surface area contributed by atoms with Crippen molar-refractivity contribution in [3.8, 4) is 11.1 Å². The molecule has 1 amide bonds. The van der Waals surface area contributed by atoms with Crippen LogP contribution in [0.3, 0.4) is 0 Å². The molecule has 3 aromatic carbocycles. The Hall–Kier alpha value is -3.67. The van der Waals surface area contributed by atoms with E-state index in [2.05, 4.69) is 5.32 Å². The fourth-order valence-corrected chi connectivity index (χ4v) is 2.49. The lowest BCUT2D eigenvalue weighted by Gasteiger charge is -2.09. The Labute approximate surface area is 155 Å². The van der Waals surface area contributed by atoms with E-state index in [9.17, 15) is 14.0 Å². The number of aromatic carboxylic acids is 1. The van der Waals surface area contributed by atoms with Gasteiger partial charge in [-0.05, 0) is 35.4 Å². The number of carbonyl (C=O) groups excluding carboxylic acids is 1. The van der Waals surface area contributed by atoms with Crippen LogP contribution in [0.2, 0.25) is 0 Å². The van der Waals surface area contributed by atoms with Crippen molar-refractivity contribution in [3.63, 3.8) is 0 Å². The molecule has 0 saturated carbocycles. The van der Waals surface area contributed by atoms with Gasteiger partial charge in [-0.25, -0.2) is 14.0 Å². The number of benzene rings is 3. The first-order valence-corrected chi connectivity index (χ1v) is 8.14. The molecule has 6 heteroatoms. The van der Waals surface area contributed by atoms with E-state index in [0.717, 1.165) is 11.6 Å². The number of carbonyl (C=O) groups is 2. The normalized spacial score (nSPS) is 10.3. The molecule has 3 aromatic rings. The Kier molecular flexibility index (Phi) is 5.47. The summed E-state index contributed by atoms with van der Waals surface area (Å²) in [7, 11) is 0. The number of amides is 1. The van der Waals surface area contributed by atoms with Crippen LogP contribution in [-0.2, 0) is 11.3 Å². The van der Waals surface area contributed by atoms with Crippen molar-refractivity contribution in [2.45, 2.75) is 6.61 Å². The molecule has 27 heavy (non-hydrogen) atoms. The molecule has 0 heterocycles. The molecule has 0 spiro atoms. The molecule has 5 nitrogen and oxygen atoms in total. The van der Waals surface area contributed by atoms with Gasteiger partial charge in [0.2, 0.25) is 0 Å². The van der Waals surface area contributed by atoms with Gasteiger partial charge in [0.15, 0.2) is 0 Å². The molecule has 2 N–H and O–H groups in total. The minimum absolute atomic E-state index is 0.115. The molecular weight excluding hydrogens is 349 g/mol. The smallest absolute Gasteiger partial charge is 0.411 e. The summed E-state index contributed by atoms with van der Waals surface area (Å²) in [4.78, 5) is 22.7. The molecule has 0 aromatic heterocycles. The van der Waals surface area contributed by atoms with Gasteiger partial charge in [-0.2, -0.15) is 0 Å². The second-order valence-corrected chi connectivity index (χ2v) is 5.76.